The molecule has 0 aliphatic heterocycles. The summed E-state index contributed by atoms with van der Waals surface area (Å²) in [6, 6.07) is 55.4. The van der Waals surface area contributed by atoms with Crippen LogP contribution in [0, 0.1) is 29.2 Å². The second-order valence-corrected chi connectivity index (χ2v) is 12.2. The topological polar surface area (TPSA) is 61.8 Å². The summed E-state index contributed by atoms with van der Waals surface area (Å²) in [5.41, 5.74) is 10.6. The highest BCUT2D eigenvalue weighted by Crippen LogP contribution is 2.42. The predicted molar refractivity (Wildman–Crippen MR) is 202 cm³/mol. The largest absolute Gasteiger partial charge is 0.309 e. The van der Waals surface area contributed by atoms with E-state index in [1.807, 2.05) is 97.1 Å². The van der Waals surface area contributed by atoms with Gasteiger partial charge in [-0.15, -0.1) is 0 Å². The third-order valence-electron chi connectivity index (χ3n) is 9.64. The molecule has 0 radical (unpaired) electrons. The van der Waals surface area contributed by atoms with Gasteiger partial charge in [-0.05, 0) is 65.7 Å². The number of aromatic nitrogens is 2. The molecule has 7 aromatic carbocycles. The summed E-state index contributed by atoms with van der Waals surface area (Å²) < 4.78 is 4.44. The molecule has 0 spiro atoms. The molecular formula is C45H25N5. The fourth-order valence-corrected chi connectivity index (χ4v) is 7.50. The Morgan fingerprint density at radius 2 is 1.02 bits per heavy atom. The molecule has 50 heavy (non-hydrogen) atoms. The molecule has 9 rings (SSSR count). The van der Waals surface area contributed by atoms with Crippen LogP contribution in [0.2, 0.25) is 0 Å². The molecule has 0 fully saturated rings. The lowest BCUT2D eigenvalue weighted by Gasteiger charge is -2.17. The maximum atomic E-state index is 10.9. The Balaban J connectivity index is 1.28. The first kappa shape index (κ1) is 28.8. The number of para-hydroxylation sites is 4. The molecule has 0 aliphatic rings. The lowest BCUT2D eigenvalue weighted by molar-refractivity contribution is 1.18. The molecule has 0 N–H and O–H groups in total. The van der Waals surface area contributed by atoms with E-state index in [1.165, 1.54) is 0 Å². The monoisotopic (exact) mass is 635 g/mol. The molecule has 5 heteroatoms. The first-order chi connectivity index (χ1) is 24.7. The minimum absolute atomic E-state index is 0.479. The van der Waals surface area contributed by atoms with Crippen molar-refractivity contribution in [2.24, 2.45) is 0 Å². The van der Waals surface area contributed by atoms with Crippen molar-refractivity contribution in [2.45, 2.75) is 0 Å². The van der Waals surface area contributed by atoms with Crippen molar-refractivity contribution < 1.29 is 0 Å². The number of nitriles is 2. The first-order valence-electron chi connectivity index (χ1n) is 16.3. The fourth-order valence-electron chi connectivity index (χ4n) is 7.50. The van der Waals surface area contributed by atoms with Gasteiger partial charge >= 0.3 is 0 Å². The van der Waals surface area contributed by atoms with E-state index in [2.05, 4.69) is 80.7 Å². The van der Waals surface area contributed by atoms with Gasteiger partial charge in [-0.2, -0.15) is 10.5 Å². The number of nitrogens with zero attached hydrogens (tertiary/aromatic N) is 5. The van der Waals surface area contributed by atoms with Gasteiger partial charge in [0.15, 0.2) is 5.69 Å². The van der Waals surface area contributed by atoms with Crippen molar-refractivity contribution in [1.82, 2.24) is 9.13 Å². The molecule has 9 aromatic rings. The van der Waals surface area contributed by atoms with Crippen molar-refractivity contribution in [1.29, 1.82) is 10.5 Å². The van der Waals surface area contributed by atoms with Gasteiger partial charge in [-0.25, -0.2) is 4.85 Å². The van der Waals surface area contributed by atoms with Crippen LogP contribution in [-0.2, 0) is 0 Å². The van der Waals surface area contributed by atoms with Crippen LogP contribution in [-0.4, -0.2) is 9.13 Å². The normalized spacial score (nSPS) is 11.1. The summed E-state index contributed by atoms with van der Waals surface area (Å²) in [7, 11) is 0. The van der Waals surface area contributed by atoms with E-state index in [0.717, 1.165) is 66.1 Å². The van der Waals surface area contributed by atoms with Crippen molar-refractivity contribution >= 4 is 49.3 Å². The van der Waals surface area contributed by atoms with Crippen LogP contribution in [0.3, 0.4) is 0 Å². The molecule has 5 nitrogen and oxygen atoms in total. The smallest absolute Gasteiger partial charge is 0.195 e. The third-order valence-corrected chi connectivity index (χ3v) is 9.64. The van der Waals surface area contributed by atoms with E-state index in [4.69, 9.17) is 6.57 Å². The van der Waals surface area contributed by atoms with Crippen LogP contribution >= 0.6 is 0 Å². The summed E-state index contributed by atoms with van der Waals surface area (Å²) in [5, 5.41) is 24.9. The van der Waals surface area contributed by atoms with E-state index in [-0.39, 0.29) is 0 Å². The van der Waals surface area contributed by atoms with Gasteiger partial charge in [0.25, 0.3) is 0 Å². The Morgan fingerprint density at radius 3 is 1.68 bits per heavy atom. The Hall–Kier alpha value is -7.39. The number of hydrogen-bond donors (Lipinski definition) is 0. The van der Waals surface area contributed by atoms with Gasteiger partial charge in [-0.3, -0.25) is 0 Å². The maximum absolute atomic E-state index is 10.9. The summed E-state index contributed by atoms with van der Waals surface area (Å²) in [4.78, 5) is 3.92. The van der Waals surface area contributed by atoms with Crippen LogP contribution < -0.4 is 0 Å². The Labute approximate surface area is 288 Å². The molecule has 2 aromatic heterocycles. The standard InChI is InChI=1S/C45H25N5/c1-48-40-23-22-30(49-41-17-6-3-12-34(41)35-13-4-7-18-42(35)49)26-37(40)32-16-10-15-31(39(32)28-47)33-11-2-8-19-43(33)50-44-20-9-5-14-36(44)38-25-29(27-46)21-24-45(38)50/h2-26H. The molecule has 2 heterocycles. The highest BCUT2D eigenvalue weighted by Gasteiger charge is 2.21. The number of fused-ring (bicyclic) bond motifs is 6. The minimum atomic E-state index is 0.479. The van der Waals surface area contributed by atoms with Gasteiger partial charge < -0.3 is 9.13 Å². The zero-order valence-corrected chi connectivity index (χ0v) is 26.7. The first-order valence-corrected chi connectivity index (χ1v) is 16.3. The number of rotatable bonds is 4. The maximum Gasteiger partial charge on any atom is 0.195 e. The third kappa shape index (κ3) is 4.24. The van der Waals surface area contributed by atoms with Crippen molar-refractivity contribution in [3.63, 3.8) is 0 Å². The molecule has 0 saturated carbocycles. The van der Waals surface area contributed by atoms with E-state index in [0.29, 0.717) is 27.9 Å². The van der Waals surface area contributed by atoms with Gasteiger partial charge in [0, 0.05) is 38.4 Å². The van der Waals surface area contributed by atoms with Crippen LogP contribution in [0.15, 0.2) is 152 Å². The lowest BCUT2D eigenvalue weighted by atomic mass is 9.90. The Kier molecular flexibility index (Phi) is 6.56. The van der Waals surface area contributed by atoms with E-state index in [1.54, 1.807) is 0 Å². The molecule has 0 saturated heterocycles. The highest BCUT2D eigenvalue weighted by molar-refractivity contribution is 6.11. The van der Waals surface area contributed by atoms with Crippen molar-refractivity contribution in [2.75, 3.05) is 0 Å². The zero-order valence-electron chi connectivity index (χ0n) is 26.7. The van der Waals surface area contributed by atoms with Gasteiger partial charge in [0.05, 0.1) is 51.5 Å². The van der Waals surface area contributed by atoms with E-state index >= 15 is 0 Å². The summed E-state index contributed by atoms with van der Waals surface area (Å²) in [6.07, 6.45) is 0. The average Bonchev–Trinajstić information content (AvgIpc) is 3.70. The Morgan fingerprint density at radius 1 is 0.460 bits per heavy atom. The quantitative estimate of drug-likeness (QED) is 0.181. The predicted octanol–water partition coefficient (Wildman–Crippen LogP) is 11.5. The molecule has 0 bridgehead atoms. The van der Waals surface area contributed by atoms with E-state index < -0.39 is 0 Å². The number of benzene rings is 7. The van der Waals surface area contributed by atoms with Crippen molar-refractivity contribution in [3.05, 3.63) is 174 Å². The van der Waals surface area contributed by atoms with Crippen LogP contribution in [0.4, 0.5) is 5.69 Å². The zero-order chi connectivity index (χ0) is 33.8. The SMILES string of the molecule is [C-]#[N+]c1ccc(-n2c3ccccc3c3ccccc32)cc1-c1cccc(-c2ccccc2-n2c3ccccc3c3cc(C#N)ccc32)c1C#N. The molecule has 0 atom stereocenters. The van der Waals surface area contributed by atoms with Gasteiger partial charge in [-0.1, -0.05) is 97.1 Å². The minimum Gasteiger partial charge on any atom is -0.309 e. The van der Waals surface area contributed by atoms with Crippen molar-refractivity contribution in [3.8, 4) is 45.8 Å². The van der Waals surface area contributed by atoms with Crippen LogP contribution in [0.25, 0.3) is 82.1 Å². The van der Waals surface area contributed by atoms with Gasteiger partial charge in [0.2, 0.25) is 0 Å². The van der Waals surface area contributed by atoms with E-state index in [9.17, 15) is 10.5 Å². The number of hydrogen-bond acceptors (Lipinski definition) is 2. The van der Waals surface area contributed by atoms with Crippen LogP contribution in [0.5, 0.6) is 0 Å². The second kappa shape index (κ2) is 11.4. The highest BCUT2D eigenvalue weighted by atomic mass is 15.0. The fraction of sp³-hybridized carbons (Fsp3) is 0. The van der Waals surface area contributed by atoms with Gasteiger partial charge in [0.1, 0.15) is 6.07 Å². The Bertz CT molecular complexity index is 2920. The van der Waals surface area contributed by atoms with Crippen LogP contribution in [0.1, 0.15) is 11.1 Å². The lowest BCUT2D eigenvalue weighted by Crippen LogP contribution is -1.99. The average molecular weight is 636 g/mol. The molecular weight excluding hydrogens is 611 g/mol. The molecule has 0 aliphatic carbocycles. The summed E-state index contributed by atoms with van der Waals surface area (Å²) >= 11 is 0. The second-order valence-electron chi connectivity index (χ2n) is 12.2. The molecule has 0 unspecified atom stereocenters. The summed E-state index contributed by atoms with van der Waals surface area (Å²) in [5.74, 6) is 0. The molecule has 0 amide bonds. The summed E-state index contributed by atoms with van der Waals surface area (Å²) in [6.45, 7) is 8.11. The molecule has 230 valence electrons.